The third kappa shape index (κ3) is 2.21. The molecule has 2 N–H and O–H groups in total. The zero-order chi connectivity index (χ0) is 11.7. The van der Waals surface area contributed by atoms with Crippen molar-refractivity contribution in [1.29, 1.82) is 0 Å². The van der Waals surface area contributed by atoms with Gasteiger partial charge in [-0.25, -0.2) is 4.98 Å². The molecular weight excluding hydrogens is 234 g/mol. The van der Waals surface area contributed by atoms with Crippen molar-refractivity contribution in [3.63, 3.8) is 0 Å². The molecule has 0 spiro atoms. The zero-order valence-electron chi connectivity index (χ0n) is 9.41. The van der Waals surface area contributed by atoms with E-state index in [1.165, 1.54) is 0 Å². The number of nitrogens with zero attached hydrogens (tertiary/aromatic N) is 1. The van der Waals surface area contributed by atoms with Gasteiger partial charge in [0.15, 0.2) is 0 Å². The molecule has 1 aromatic heterocycles. The maximum absolute atomic E-state index is 6.04. The van der Waals surface area contributed by atoms with Gasteiger partial charge in [-0.15, -0.1) is 0 Å². The van der Waals surface area contributed by atoms with Crippen molar-refractivity contribution in [2.75, 3.05) is 18.4 Å². The van der Waals surface area contributed by atoms with Gasteiger partial charge in [-0.05, 0) is 36.6 Å². The molecule has 1 atom stereocenters. The quantitative estimate of drug-likeness (QED) is 0.857. The summed E-state index contributed by atoms with van der Waals surface area (Å²) in [4.78, 5) is 4.41. The minimum Gasteiger partial charge on any atom is -0.365 e. The van der Waals surface area contributed by atoms with E-state index in [1.54, 1.807) is 0 Å². The number of pyridine rings is 1. The minimum atomic E-state index is 0.465. The van der Waals surface area contributed by atoms with Crippen molar-refractivity contribution >= 4 is 28.2 Å². The second kappa shape index (κ2) is 4.51. The highest BCUT2D eigenvalue weighted by Gasteiger charge is 2.15. The highest BCUT2D eigenvalue weighted by Crippen LogP contribution is 2.25. The van der Waals surface area contributed by atoms with Crippen LogP contribution < -0.4 is 10.6 Å². The van der Waals surface area contributed by atoms with E-state index >= 15 is 0 Å². The Morgan fingerprint density at radius 1 is 1.35 bits per heavy atom. The molecule has 1 aliphatic rings. The van der Waals surface area contributed by atoms with Gasteiger partial charge in [0.25, 0.3) is 0 Å². The molecule has 1 saturated heterocycles. The lowest BCUT2D eigenvalue weighted by Crippen LogP contribution is -2.22. The van der Waals surface area contributed by atoms with Gasteiger partial charge in [-0.2, -0.15) is 0 Å². The summed E-state index contributed by atoms with van der Waals surface area (Å²) in [6, 6.07) is 8.37. The van der Waals surface area contributed by atoms with Gasteiger partial charge in [-0.1, -0.05) is 17.7 Å². The molecule has 3 nitrogen and oxygen atoms in total. The van der Waals surface area contributed by atoms with Crippen LogP contribution >= 0.6 is 11.6 Å². The molecule has 1 aliphatic heterocycles. The number of nitrogens with one attached hydrogen (secondary N) is 2. The van der Waals surface area contributed by atoms with Gasteiger partial charge in [0, 0.05) is 29.2 Å². The average molecular weight is 248 g/mol. The van der Waals surface area contributed by atoms with Crippen LogP contribution in [0.4, 0.5) is 5.82 Å². The second-order valence-electron chi connectivity index (χ2n) is 4.36. The summed E-state index contributed by atoms with van der Waals surface area (Å²) in [5, 5.41) is 9.82. The molecule has 4 heteroatoms. The number of halogens is 1. The van der Waals surface area contributed by atoms with E-state index < -0.39 is 0 Å². The maximum atomic E-state index is 6.04. The summed E-state index contributed by atoms with van der Waals surface area (Å²) in [6.45, 7) is 2.07. The molecule has 0 bridgehead atoms. The van der Waals surface area contributed by atoms with Crippen LogP contribution in [0.15, 0.2) is 30.5 Å². The van der Waals surface area contributed by atoms with Gasteiger partial charge in [0.05, 0.1) is 0 Å². The van der Waals surface area contributed by atoms with Crippen LogP contribution in [-0.2, 0) is 0 Å². The summed E-state index contributed by atoms with van der Waals surface area (Å²) in [5.74, 6) is 0.929. The van der Waals surface area contributed by atoms with Crippen molar-refractivity contribution in [2.24, 2.45) is 0 Å². The van der Waals surface area contributed by atoms with E-state index in [0.29, 0.717) is 6.04 Å². The Morgan fingerprint density at radius 3 is 3.12 bits per heavy atom. The number of benzene rings is 1. The van der Waals surface area contributed by atoms with Gasteiger partial charge in [0.1, 0.15) is 5.82 Å². The molecule has 88 valence electrons. The molecule has 2 heterocycles. The Bertz CT molecular complexity index is 535. The number of rotatable bonds is 2. The summed E-state index contributed by atoms with van der Waals surface area (Å²) in [7, 11) is 0. The van der Waals surface area contributed by atoms with Crippen LogP contribution in [0.25, 0.3) is 10.8 Å². The van der Waals surface area contributed by atoms with Crippen molar-refractivity contribution < 1.29 is 0 Å². The molecule has 17 heavy (non-hydrogen) atoms. The van der Waals surface area contributed by atoms with Crippen LogP contribution in [0.5, 0.6) is 0 Å². The molecule has 1 fully saturated rings. The monoisotopic (exact) mass is 247 g/mol. The molecule has 1 unspecified atom stereocenters. The second-order valence-corrected chi connectivity index (χ2v) is 4.80. The minimum absolute atomic E-state index is 0.465. The van der Waals surface area contributed by atoms with Crippen molar-refractivity contribution in [3.05, 3.63) is 35.5 Å². The lowest BCUT2D eigenvalue weighted by molar-refractivity contribution is 0.789. The summed E-state index contributed by atoms with van der Waals surface area (Å²) in [5.41, 5.74) is 0. The lowest BCUT2D eigenvalue weighted by Gasteiger charge is -2.14. The number of hydrogen-bond donors (Lipinski definition) is 2. The Labute approximate surface area is 105 Å². The van der Waals surface area contributed by atoms with E-state index in [0.717, 1.165) is 41.1 Å². The van der Waals surface area contributed by atoms with Crippen LogP contribution in [-0.4, -0.2) is 24.1 Å². The van der Waals surface area contributed by atoms with Crippen LogP contribution in [0.3, 0.4) is 0 Å². The first-order chi connectivity index (χ1) is 8.33. The first-order valence-corrected chi connectivity index (χ1v) is 6.22. The molecule has 0 saturated carbocycles. The highest BCUT2D eigenvalue weighted by molar-refractivity contribution is 6.31. The molecular formula is C13H14ClN3. The number of aromatic nitrogens is 1. The lowest BCUT2D eigenvalue weighted by atomic mass is 10.1. The van der Waals surface area contributed by atoms with E-state index in [-0.39, 0.29) is 0 Å². The summed E-state index contributed by atoms with van der Waals surface area (Å²) < 4.78 is 0. The molecule has 0 radical (unpaired) electrons. The standard InChI is InChI=1S/C13H14ClN3/c14-10-2-1-9-3-6-16-13(12(9)7-10)17-11-4-5-15-8-11/h1-3,6-7,11,15H,4-5,8H2,(H,16,17). The predicted molar refractivity (Wildman–Crippen MR) is 71.7 cm³/mol. The maximum Gasteiger partial charge on any atom is 0.134 e. The highest BCUT2D eigenvalue weighted by atomic mass is 35.5. The third-order valence-electron chi connectivity index (χ3n) is 3.13. The van der Waals surface area contributed by atoms with Gasteiger partial charge in [0.2, 0.25) is 0 Å². The van der Waals surface area contributed by atoms with Gasteiger partial charge >= 0.3 is 0 Å². The van der Waals surface area contributed by atoms with Crippen molar-refractivity contribution in [2.45, 2.75) is 12.5 Å². The Kier molecular flexibility index (Phi) is 2.87. The molecule has 2 aromatic rings. The SMILES string of the molecule is Clc1ccc2ccnc(NC3CCNC3)c2c1. The molecule has 0 aliphatic carbocycles. The topological polar surface area (TPSA) is 37.0 Å². The van der Waals surface area contributed by atoms with Crippen molar-refractivity contribution in [3.8, 4) is 0 Å². The Morgan fingerprint density at radius 2 is 2.29 bits per heavy atom. The van der Waals surface area contributed by atoms with Gasteiger partial charge < -0.3 is 10.6 Å². The first kappa shape index (κ1) is 10.8. The van der Waals surface area contributed by atoms with E-state index in [4.69, 9.17) is 11.6 Å². The third-order valence-corrected chi connectivity index (χ3v) is 3.36. The fraction of sp³-hybridized carbons (Fsp3) is 0.308. The first-order valence-electron chi connectivity index (χ1n) is 5.84. The smallest absolute Gasteiger partial charge is 0.134 e. The molecule has 1 aromatic carbocycles. The Hall–Kier alpha value is -1.32. The van der Waals surface area contributed by atoms with Crippen LogP contribution in [0.1, 0.15) is 6.42 Å². The Balaban J connectivity index is 1.99. The van der Waals surface area contributed by atoms with Gasteiger partial charge in [-0.3, -0.25) is 0 Å². The molecule has 3 rings (SSSR count). The number of hydrogen-bond acceptors (Lipinski definition) is 3. The van der Waals surface area contributed by atoms with Crippen LogP contribution in [0.2, 0.25) is 5.02 Å². The number of anilines is 1. The molecule has 0 amide bonds. The average Bonchev–Trinajstić information content (AvgIpc) is 2.83. The fourth-order valence-electron chi connectivity index (χ4n) is 2.23. The number of fused-ring (bicyclic) bond motifs is 1. The largest absolute Gasteiger partial charge is 0.365 e. The fourth-order valence-corrected chi connectivity index (χ4v) is 2.40. The van der Waals surface area contributed by atoms with Crippen molar-refractivity contribution in [1.82, 2.24) is 10.3 Å². The van der Waals surface area contributed by atoms with E-state index in [1.807, 2.05) is 30.5 Å². The van der Waals surface area contributed by atoms with E-state index in [9.17, 15) is 0 Å². The van der Waals surface area contributed by atoms with Crippen LogP contribution in [0, 0.1) is 0 Å². The zero-order valence-corrected chi connectivity index (χ0v) is 10.2. The summed E-state index contributed by atoms with van der Waals surface area (Å²) in [6.07, 6.45) is 2.97. The van der Waals surface area contributed by atoms with E-state index in [2.05, 4.69) is 15.6 Å². The predicted octanol–water partition coefficient (Wildman–Crippen LogP) is 2.66. The summed E-state index contributed by atoms with van der Waals surface area (Å²) >= 11 is 6.04. The normalized spacial score (nSPS) is 19.7.